The summed E-state index contributed by atoms with van der Waals surface area (Å²) in [6.45, 7) is 2.62. The third kappa shape index (κ3) is 2.80. The van der Waals surface area contributed by atoms with Gasteiger partial charge in [0.1, 0.15) is 5.75 Å². The highest BCUT2D eigenvalue weighted by Crippen LogP contribution is 2.38. The van der Waals surface area contributed by atoms with Gasteiger partial charge in [-0.2, -0.15) is 0 Å². The maximum atomic E-state index is 6.20. The Morgan fingerprint density at radius 3 is 2.53 bits per heavy atom. The molecule has 0 atom stereocenters. The van der Waals surface area contributed by atoms with Crippen LogP contribution in [-0.2, 0) is 13.0 Å². The Balaban J connectivity index is 2.16. The van der Waals surface area contributed by atoms with Crippen molar-refractivity contribution in [1.29, 1.82) is 0 Å². The first-order valence-corrected chi connectivity index (χ1v) is 6.73. The highest BCUT2D eigenvalue weighted by molar-refractivity contribution is 7.12. The minimum atomic E-state index is 0.542. The van der Waals surface area contributed by atoms with Crippen LogP contribution in [0.4, 0.5) is 0 Å². The van der Waals surface area contributed by atoms with Gasteiger partial charge in [-0.1, -0.05) is 30.7 Å². The predicted molar refractivity (Wildman–Crippen MR) is 73.1 cm³/mol. The second kappa shape index (κ2) is 5.54. The maximum absolute atomic E-state index is 6.20. The molecule has 90 valence electrons. The zero-order valence-electron chi connectivity index (χ0n) is 9.57. The van der Waals surface area contributed by atoms with Crippen LogP contribution in [0.2, 0.25) is 5.02 Å². The summed E-state index contributed by atoms with van der Waals surface area (Å²) in [4.78, 5) is 0. The van der Waals surface area contributed by atoms with Gasteiger partial charge in [0.05, 0.1) is 5.02 Å². The summed E-state index contributed by atoms with van der Waals surface area (Å²) in [5, 5.41) is 3.51. The van der Waals surface area contributed by atoms with Crippen molar-refractivity contribution in [2.45, 2.75) is 19.9 Å². The predicted octanol–water partition coefficient (Wildman–Crippen LogP) is 4.21. The normalized spacial score (nSPS) is 10.5. The van der Waals surface area contributed by atoms with Gasteiger partial charge in [0.15, 0.2) is 5.06 Å². The highest BCUT2D eigenvalue weighted by atomic mass is 35.5. The summed E-state index contributed by atoms with van der Waals surface area (Å²) in [6, 6.07) is 7.73. The molecule has 0 aliphatic carbocycles. The molecule has 1 heterocycles. The molecule has 2 rings (SSSR count). The van der Waals surface area contributed by atoms with E-state index in [1.807, 2.05) is 29.6 Å². The van der Waals surface area contributed by atoms with E-state index in [9.17, 15) is 0 Å². The second-order valence-corrected chi connectivity index (χ2v) is 4.89. The van der Waals surface area contributed by atoms with Gasteiger partial charge in [-0.3, -0.25) is 0 Å². The number of halogens is 1. The molecule has 0 spiro atoms. The van der Waals surface area contributed by atoms with E-state index < -0.39 is 0 Å². The molecule has 2 aromatic rings. The van der Waals surface area contributed by atoms with Crippen molar-refractivity contribution in [3.63, 3.8) is 0 Å². The quantitative estimate of drug-likeness (QED) is 0.900. The number of benzene rings is 1. The van der Waals surface area contributed by atoms with Crippen molar-refractivity contribution >= 4 is 22.9 Å². The van der Waals surface area contributed by atoms with Gasteiger partial charge in [-0.05, 0) is 35.1 Å². The topological polar surface area (TPSA) is 35.2 Å². The van der Waals surface area contributed by atoms with Crippen LogP contribution in [0.5, 0.6) is 10.8 Å². The molecule has 0 aliphatic rings. The summed E-state index contributed by atoms with van der Waals surface area (Å²) >= 11 is 7.73. The molecule has 0 saturated heterocycles. The lowest BCUT2D eigenvalue weighted by molar-refractivity contribution is 0.496. The molecule has 0 amide bonds. The summed E-state index contributed by atoms with van der Waals surface area (Å²) in [5.74, 6) is 0.786. The van der Waals surface area contributed by atoms with Gasteiger partial charge < -0.3 is 10.5 Å². The Kier molecular flexibility index (Phi) is 4.05. The second-order valence-electron chi connectivity index (χ2n) is 3.67. The van der Waals surface area contributed by atoms with Crippen molar-refractivity contribution < 1.29 is 4.74 Å². The minimum absolute atomic E-state index is 0.542. The molecule has 0 aliphatic heterocycles. The molecular formula is C13H14ClNOS. The van der Waals surface area contributed by atoms with Crippen LogP contribution >= 0.6 is 22.9 Å². The Bertz CT molecular complexity index is 493. The van der Waals surface area contributed by atoms with E-state index in [4.69, 9.17) is 22.1 Å². The number of aryl methyl sites for hydroxylation is 1. The van der Waals surface area contributed by atoms with Crippen LogP contribution in [0.1, 0.15) is 18.1 Å². The molecule has 0 unspecified atom stereocenters. The first-order valence-electron chi connectivity index (χ1n) is 5.47. The van der Waals surface area contributed by atoms with E-state index in [0.29, 0.717) is 6.54 Å². The monoisotopic (exact) mass is 267 g/mol. The van der Waals surface area contributed by atoms with Gasteiger partial charge in [0, 0.05) is 6.54 Å². The number of hydrogen-bond donors (Lipinski definition) is 1. The van der Waals surface area contributed by atoms with Crippen molar-refractivity contribution in [3.05, 3.63) is 45.8 Å². The van der Waals surface area contributed by atoms with Crippen molar-refractivity contribution in [2.24, 2.45) is 5.73 Å². The van der Waals surface area contributed by atoms with E-state index in [2.05, 4.69) is 6.92 Å². The lowest BCUT2D eigenvalue weighted by atomic mass is 10.2. The summed E-state index contributed by atoms with van der Waals surface area (Å²) in [7, 11) is 0. The van der Waals surface area contributed by atoms with Crippen molar-refractivity contribution in [2.75, 3.05) is 0 Å². The summed E-state index contributed by atoms with van der Waals surface area (Å²) in [5.41, 5.74) is 7.75. The lowest BCUT2D eigenvalue weighted by Gasteiger charge is -2.04. The fourth-order valence-electron chi connectivity index (χ4n) is 1.47. The van der Waals surface area contributed by atoms with E-state index in [0.717, 1.165) is 33.4 Å². The largest absolute Gasteiger partial charge is 0.445 e. The van der Waals surface area contributed by atoms with Crippen LogP contribution in [-0.4, -0.2) is 0 Å². The Morgan fingerprint density at radius 1 is 1.29 bits per heavy atom. The van der Waals surface area contributed by atoms with E-state index in [-0.39, 0.29) is 0 Å². The van der Waals surface area contributed by atoms with Crippen molar-refractivity contribution in [3.8, 4) is 10.8 Å². The zero-order chi connectivity index (χ0) is 12.3. The van der Waals surface area contributed by atoms with Crippen LogP contribution in [0.3, 0.4) is 0 Å². The van der Waals surface area contributed by atoms with Gasteiger partial charge >= 0.3 is 0 Å². The summed E-state index contributed by atoms with van der Waals surface area (Å²) < 4.78 is 5.74. The third-order valence-corrected chi connectivity index (χ3v) is 3.95. The molecule has 0 radical (unpaired) electrons. The Morgan fingerprint density at radius 2 is 2.00 bits per heavy atom. The van der Waals surface area contributed by atoms with Gasteiger partial charge in [0.25, 0.3) is 0 Å². The third-order valence-electron chi connectivity index (χ3n) is 2.52. The van der Waals surface area contributed by atoms with E-state index >= 15 is 0 Å². The van der Waals surface area contributed by atoms with Crippen LogP contribution in [0, 0.1) is 0 Å². The zero-order valence-corrected chi connectivity index (χ0v) is 11.1. The minimum Gasteiger partial charge on any atom is -0.445 e. The van der Waals surface area contributed by atoms with E-state index in [1.165, 1.54) is 11.3 Å². The van der Waals surface area contributed by atoms with Crippen LogP contribution in [0.15, 0.2) is 29.6 Å². The smallest absolute Gasteiger partial charge is 0.199 e. The Hall–Kier alpha value is -1.03. The number of hydrogen-bond acceptors (Lipinski definition) is 3. The SMILES string of the molecule is CCc1csc(Oc2ccc(CN)cc2)c1Cl. The maximum Gasteiger partial charge on any atom is 0.199 e. The van der Waals surface area contributed by atoms with Gasteiger partial charge in [0.2, 0.25) is 0 Å². The number of nitrogens with two attached hydrogens (primary N) is 1. The molecule has 4 heteroatoms. The first kappa shape index (κ1) is 12.4. The molecule has 0 fully saturated rings. The van der Waals surface area contributed by atoms with Gasteiger partial charge in [-0.25, -0.2) is 0 Å². The molecule has 0 saturated carbocycles. The number of ether oxygens (including phenoxy) is 1. The molecule has 0 bridgehead atoms. The summed E-state index contributed by atoms with van der Waals surface area (Å²) in [6.07, 6.45) is 0.921. The standard InChI is InChI=1S/C13H14ClNOS/c1-2-10-8-17-13(12(10)14)16-11-5-3-9(7-15)4-6-11/h3-6,8H,2,7,15H2,1H3. The molecule has 1 aromatic carbocycles. The van der Waals surface area contributed by atoms with Crippen LogP contribution in [0.25, 0.3) is 0 Å². The molecule has 1 aromatic heterocycles. The average molecular weight is 268 g/mol. The number of rotatable bonds is 4. The molecular weight excluding hydrogens is 254 g/mol. The molecule has 2 N–H and O–H groups in total. The highest BCUT2D eigenvalue weighted by Gasteiger charge is 2.10. The average Bonchev–Trinajstić information content (AvgIpc) is 2.71. The van der Waals surface area contributed by atoms with Crippen molar-refractivity contribution in [1.82, 2.24) is 0 Å². The Labute approximate surface area is 110 Å². The molecule has 2 nitrogen and oxygen atoms in total. The number of thiophene rings is 1. The van der Waals surface area contributed by atoms with E-state index in [1.54, 1.807) is 0 Å². The fourth-order valence-corrected chi connectivity index (χ4v) is 2.81. The molecule has 17 heavy (non-hydrogen) atoms. The first-order chi connectivity index (χ1) is 8.24. The lowest BCUT2D eigenvalue weighted by Crippen LogP contribution is -1.95. The van der Waals surface area contributed by atoms with Crippen LogP contribution < -0.4 is 10.5 Å². The fraction of sp³-hybridized carbons (Fsp3) is 0.231. The van der Waals surface area contributed by atoms with Gasteiger partial charge in [-0.15, -0.1) is 11.3 Å².